The van der Waals surface area contributed by atoms with Crippen LogP contribution in [0.4, 0.5) is 0 Å². The van der Waals surface area contributed by atoms with Gasteiger partial charge < -0.3 is 0 Å². The molecule has 0 saturated heterocycles. The zero-order valence-corrected chi connectivity index (χ0v) is 13.3. The maximum Gasteiger partial charge on any atom is 1.00 e. The Balaban J connectivity index is -0.0000000720. The summed E-state index contributed by atoms with van der Waals surface area (Å²) >= 11 is -1.85. The predicted octanol–water partition coefficient (Wildman–Crippen LogP) is 0.652. The van der Waals surface area contributed by atoms with E-state index in [0.717, 1.165) is 0 Å². The largest absolute Gasteiger partial charge is 1.00 e. The van der Waals surface area contributed by atoms with E-state index < -0.39 is 14.2 Å². The summed E-state index contributed by atoms with van der Waals surface area (Å²) in [6.07, 6.45) is 4.00. The Hall–Kier alpha value is 2.93. The van der Waals surface area contributed by atoms with Gasteiger partial charge in [0.05, 0.1) is 0 Å². The van der Waals surface area contributed by atoms with Crippen LogP contribution < -0.4 is 51.4 Å². The summed E-state index contributed by atoms with van der Waals surface area (Å²) in [4.78, 5) is 0. The molecule has 0 N–H and O–H groups in total. The second kappa shape index (κ2) is 17.1. The van der Waals surface area contributed by atoms with Crippen LogP contribution in [0.25, 0.3) is 0 Å². The first kappa shape index (κ1) is 17.9. The Morgan fingerprint density at radius 2 is 1.11 bits per heavy atom. The van der Waals surface area contributed by atoms with Gasteiger partial charge in [-0.15, -0.1) is 0 Å². The minimum absolute atomic E-state index is 0. The van der Waals surface area contributed by atoms with Crippen LogP contribution in [0.3, 0.4) is 0 Å². The maximum atomic E-state index is 4.96. The molecule has 0 aliphatic heterocycles. The molecule has 0 saturated carbocycles. The number of rotatable bonds is 0. The van der Waals surface area contributed by atoms with Crippen LogP contribution >= 0.6 is 28.3 Å². The molecule has 0 atom stereocenters. The second-order valence-corrected chi connectivity index (χ2v) is 10.7. The molecular formula is C4H8Cl3KPt. The summed E-state index contributed by atoms with van der Waals surface area (Å²) in [6, 6.07) is 0. The summed E-state index contributed by atoms with van der Waals surface area (Å²) < 4.78 is 0. The van der Waals surface area contributed by atoms with E-state index in [1.807, 2.05) is 26.0 Å². The van der Waals surface area contributed by atoms with E-state index >= 15 is 0 Å². The van der Waals surface area contributed by atoms with E-state index in [0.29, 0.717) is 0 Å². The van der Waals surface area contributed by atoms with Crippen molar-refractivity contribution >= 4 is 28.3 Å². The zero-order chi connectivity index (χ0) is 6.99. The smallest absolute Gasteiger partial charge is 1.00 e. The number of halogens is 3. The van der Waals surface area contributed by atoms with E-state index in [9.17, 15) is 0 Å². The fourth-order valence-corrected chi connectivity index (χ4v) is 0. The zero-order valence-electron chi connectivity index (χ0n) is 5.60. The molecular weight excluding hydrogens is 389 g/mol. The van der Waals surface area contributed by atoms with Crippen molar-refractivity contribution in [2.75, 3.05) is 0 Å². The third-order valence-corrected chi connectivity index (χ3v) is 0.333. The molecule has 0 aromatic rings. The molecule has 9 heavy (non-hydrogen) atoms. The standard InChI is InChI=1S/C4H8.3ClH.K.Pt/c1-3-4-2;;;;;/h3-4H,1-2H3;3*1H;;/q;;;;+1;+2/p-3. The first-order valence-electron chi connectivity index (χ1n) is 1.85. The first-order chi connectivity index (χ1) is 3.65. The van der Waals surface area contributed by atoms with Crippen LogP contribution in [0.2, 0.25) is 0 Å². The molecule has 0 aliphatic rings. The second-order valence-electron chi connectivity index (χ2n) is 0.802. The SMILES string of the molecule is CC=CC.[Cl][Pt-]([Cl])[Cl].[K+]. The van der Waals surface area contributed by atoms with E-state index in [1.165, 1.54) is 0 Å². The molecule has 0 radical (unpaired) electrons. The van der Waals surface area contributed by atoms with Crippen molar-refractivity contribution in [2.45, 2.75) is 13.8 Å². The van der Waals surface area contributed by atoms with Crippen molar-refractivity contribution in [3.05, 3.63) is 12.2 Å². The van der Waals surface area contributed by atoms with Gasteiger partial charge in [0.15, 0.2) is 0 Å². The van der Waals surface area contributed by atoms with Crippen LogP contribution in [0.5, 0.6) is 0 Å². The first-order valence-corrected chi connectivity index (χ1v) is 10.3. The van der Waals surface area contributed by atoms with E-state index in [1.54, 1.807) is 0 Å². The van der Waals surface area contributed by atoms with E-state index in [-0.39, 0.29) is 51.4 Å². The van der Waals surface area contributed by atoms with Crippen molar-refractivity contribution in [2.24, 2.45) is 0 Å². The molecule has 0 bridgehead atoms. The van der Waals surface area contributed by atoms with Crippen LogP contribution in [0.15, 0.2) is 12.2 Å². The van der Waals surface area contributed by atoms with Crippen molar-refractivity contribution in [1.29, 1.82) is 0 Å². The summed E-state index contributed by atoms with van der Waals surface area (Å²) in [5.41, 5.74) is 0. The third-order valence-electron chi connectivity index (χ3n) is 0.333. The van der Waals surface area contributed by atoms with Crippen molar-refractivity contribution in [1.82, 2.24) is 0 Å². The molecule has 0 heterocycles. The number of hydrogen-bond acceptors (Lipinski definition) is 0. The predicted molar refractivity (Wildman–Crippen MR) is 38.0 cm³/mol. The van der Waals surface area contributed by atoms with Crippen LogP contribution in [0.1, 0.15) is 13.8 Å². The average molecular weight is 397 g/mol. The van der Waals surface area contributed by atoms with Gasteiger partial charge in [0.25, 0.3) is 0 Å². The van der Waals surface area contributed by atoms with Gasteiger partial charge in [-0.2, -0.15) is 0 Å². The molecule has 5 heteroatoms. The van der Waals surface area contributed by atoms with Gasteiger partial charge in [0, 0.05) is 0 Å². The van der Waals surface area contributed by atoms with Gasteiger partial charge in [0.1, 0.15) is 0 Å². The molecule has 0 nitrogen and oxygen atoms in total. The molecule has 56 valence electrons. The molecule has 0 aromatic heterocycles. The van der Waals surface area contributed by atoms with Crippen molar-refractivity contribution in [3.8, 4) is 0 Å². The minimum atomic E-state index is -1.85. The molecule has 0 aromatic carbocycles. The van der Waals surface area contributed by atoms with Crippen LogP contribution in [-0.2, 0) is 14.2 Å². The van der Waals surface area contributed by atoms with E-state index in [2.05, 4.69) is 0 Å². The molecule has 0 fully saturated rings. The van der Waals surface area contributed by atoms with Gasteiger partial charge in [-0.05, 0) is 13.8 Å². The number of allylic oxidation sites excluding steroid dienone is 2. The molecule has 0 aliphatic carbocycles. The van der Waals surface area contributed by atoms with Gasteiger partial charge in [-0.25, -0.2) is 0 Å². The van der Waals surface area contributed by atoms with Crippen molar-refractivity contribution < 1.29 is 65.6 Å². The fourth-order valence-electron chi connectivity index (χ4n) is 0. The summed E-state index contributed by atoms with van der Waals surface area (Å²) in [7, 11) is 14.9. The average Bonchev–Trinajstić information content (AvgIpc) is 1.65. The molecule has 0 rings (SSSR count). The van der Waals surface area contributed by atoms with E-state index in [4.69, 9.17) is 28.3 Å². The van der Waals surface area contributed by atoms with Crippen LogP contribution in [0, 0.1) is 0 Å². The minimum Gasteiger partial charge on any atom is 1.00 e. The quantitative estimate of drug-likeness (QED) is 0.417. The Kier molecular flexibility index (Phi) is 34.0. The monoisotopic (exact) mass is 395 g/mol. The summed E-state index contributed by atoms with van der Waals surface area (Å²) in [5.74, 6) is 0. The maximum absolute atomic E-state index is 4.96. The normalized spacial score (nSPS) is 9.22. The Bertz CT molecular complexity index is 51.0. The van der Waals surface area contributed by atoms with Crippen LogP contribution in [-0.4, -0.2) is 0 Å². The Morgan fingerprint density at radius 3 is 1.11 bits per heavy atom. The van der Waals surface area contributed by atoms with Gasteiger partial charge in [-0.3, -0.25) is 0 Å². The van der Waals surface area contributed by atoms with Gasteiger partial charge >= 0.3 is 93.8 Å². The molecule has 0 unspecified atom stereocenters. The topological polar surface area (TPSA) is 0 Å². The Labute approximate surface area is 117 Å². The third kappa shape index (κ3) is 56.4. The summed E-state index contributed by atoms with van der Waals surface area (Å²) in [5, 5.41) is 0. The fraction of sp³-hybridized carbons (Fsp3) is 0.500. The number of hydrogen-bond donors (Lipinski definition) is 0. The Morgan fingerprint density at radius 1 is 1.00 bits per heavy atom. The summed E-state index contributed by atoms with van der Waals surface area (Å²) in [6.45, 7) is 4.00. The molecule has 0 amide bonds. The molecule has 0 spiro atoms. The van der Waals surface area contributed by atoms with Crippen molar-refractivity contribution in [3.63, 3.8) is 0 Å². The van der Waals surface area contributed by atoms with Gasteiger partial charge in [0.2, 0.25) is 0 Å². The van der Waals surface area contributed by atoms with Gasteiger partial charge in [-0.1, -0.05) is 12.2 Å².